The van der Waals surface area contributed by atoms with Crippen molar-refractivity contribution in [1.82, 2.24) is 5.32 Å². The van der Waals surface area contributed by atoms with Gasteiger partial charge in [-0.05, 0) is 31.6 Å². The zero-order valence-corrected chi connectivity index (χ0v) is 11.3. The number of ether oxygens (including phenoxy) is 1. The standard InChI is InChI=1S/C14H23NO4/c16-13(11-3-1-2-4-11)15-9-12(14(17)18)10-5-7-19-8-6-10/h10-12H,1-9H2,(H,15,16)(H,17,18). The second-order valence-electron chi connectivity index (χ2n) is 5.62. The van der Waals surface area contributed by atoms with Gasteiger partial charge in [0.2, 0.25) is 5.91 Å². The highest BCUT2D eigenvalue weighted by atomic mass is 16.5. The molecule has 1 atom stereocenters. The number of rotatable bonds is 5. The normalized spacial score (nSPS) is 23.2. The maximum Gasteiger partial charge on any atom is 0.308 e. The summed E-state index contributed by atoms with van der Waals surface area (Å²) < 4.78 is 5.26. The predicted molar refractivity (Wildman–Crippen MR) is 69.6 cm³/mol. The summed E-state index contributed by atoms with van der Waals surface area (Å²) in [7, 11) is 0. The van der Waals surface area contributed by atoms with Crippen LogP contribution in [0.4, 0.5) is 0 Å². The largest absolute Gasteiger partial charge is 0.481 e. The summed E-state index contributed by atoms with van der Waals surface area (Å²) in [6.45, 7) is 1.52. The Labute approximate surface area is 113 Å². The molecule has 5 heteroatoms. The lowest BCUT2D eigenvalue weighted by Crippen LogP contribution is -2.40. The van der Waals surface area contributed by atoms with Crippen LogP contribution >= 0.6 is 0 Å². The number of carboxylic acid groups (broad SMARTS) is 1. The Kier molecular flexibility index (Phi) is 5.19. The van der Waals surface area contributed by atoms with Gasteiger partial charge in [-0.2, -0.15) is 0 Å². The molecule has 1 heterocycles. The zero-order chi connectivity index (χ0) is 13.7. The molecule has 108 valence electrons. The first-order valence-electron chi connectivity index (χ1n) is 7.26. The number of carbonyl (C=O) groups excluding carboxylic acids is 1. The van der Waals surface area contributed by atoms with E-state index in [0.29, 0.717) is 13.2 Å². The van der Waals surface area contributed by atoms with Crippen molar-refractivity contribution in [1.29, 1.82) is 0 Å². The van der Waals surface area contributed by atoms with E-state index in [4.69, 9.17) is 4.74 Å². The average Bonchev–Trinajstić information content (AvgIpc) is 2.93. The molecular formula is C14H23NO4. The Morgan fingerprint density at radius 3 is 2.37 bits per heavy atom. The Bertz CT molecular complexity index is 319. The molecule has 2 rings (SSSR count). The Morgan fingerprint density at radius 2 is 1.79 bits per heavy atom. The van der Waals surface area contributed by atoms with Crippen LogP contribution in [0.15, 0.2) is 0 Å². The fraction of sp³-hybridized carbons (Fsp3) is 0.857. The van der Waals surface area contributed by atoms with E-state index in [0.717, 1.165) is 38.5 Å². The SMILES string of the molecule is O=C(NCC(C(=O)O)C1CCOCC1)C1CCCC1. The van der Waals surface area contributed by atoms with E-state index >= 15 is 0 Å². The molecule has 1 saturated heterocycles. The van der Waals surface area contributed by atoms with Gasteiger partial charge in [-0.1, -0.05) is 12.8 Å². The highest BCUT2D eigenvalue weighted by Crippen LogP contribution is 2.26. The lowest BCUT2D eigenvalue weighted by Gasteiger charge is -2.28. The Morgan fingerprint density at radius 1 is 1.16 bits per heavy atom. The maximum absolute atomic E-state index is 11.9. The fourth-order valence-electron chi connectivity index (χ4n) is 3.12. The summed E-state index contributed by atoms with van der Waals surface area (Å²) in [5.41, 5.74) is 0. The third kappa shape index (κ3) is 3.93. The smallest absolute Gasteiger partial charge is 0.308 e. The van der Waals surface area contributed by atoms with Crippen molar-refractivity contribution >= 4 is 11.9 Å². The first-order chi connectivity index (χ1) is 9.18. The first-order valence-corrected chi connectivity index (χ1v) is 7.26. The van der Waals surface area contributed by atoms with E-state index in [9.17, 15) is 14.7 Å². The van der Waals surface area contributed by atoms with Gasteiger partial charge in [-0.15, -0.1) is 0 Å². The molecule has 0 bridgehead atoms. The number of amides is 1. The molecule has 1 aliphatic carbocycles. The summed E-state index contributed by atoms with van der Waals surface area (Å²) in [5, 5.41) is 12.2. The predicted octanol–water partition coefficient (Wildman–Crippen LogP) is 1.42. The number of carbonyl (C=O) groups is 2. The van der Waals surface area contributed by atoms with Crippen molar-refractivity contribution in [3.63, 3.8) is 0 Å². The molecule has 2 N–H and O–H groups in total. The van der Waals surface area contributed by atoms with Crippen LogP contribution < -0.4 is 5.32 Å². The molecule has 2 aliphatic rings. The van der Waals surface area contributed by atoms with E-state index in [2.05, 4.69) is 5.32 Å². The molecule has 1 saturated carbocycles. The van der Waals surface area contributed by atoms with Crippen LogP contribution in [0.2, 0.25) is 0 Å². The van der Waals surface area contributed by atoms with Crippen LogP contribution in [0.5, 0.6) is 0 Å². The van der Waals surface area contributed by atoms with E-state index in [1.165, 1.54) is 0 Å². The molecule has 1 unspecified atom stereocenters. The molecule has 0 aromatic carbocycles. The monoisotopic (exact) mass is 269 g/mol. The molecule has 2 fully saturated rings. The van der Waals surface area contributed by atoms with Crippen LogP contribution in [-0.2, 0) is 14.3 Å². The summed E-state index contributed by atoms with van der Waals surface area (Å²) >= 11 is 0. The van der Waals surface area contributed by atoms with E-state index in [1.807, 2.05) is 0 Å². The molecular weight excluding hydrogens is 246 g/mol. The summed E-state index contributed by atoms with van der Waals surface area (Å²) in [6, 6.07) is 0. The summed E-state index contributed by atoms with van der Waals surface area (Å²) in [4.78, 5) is 23.3. The Balaban J connectivity index is 1.82. The van der Waals surface area contributed by atoms with Crippen LogP contribution in [0, 0.1) is 17.8 Å². The van der Waals surface area contributed by atoms with Crippen molar-refractivity contribution in [3.8, 4) is 0 Å². The maximum atomic E-state index is 11.9. The first kappa shape index (κ1) is 14.3. The van der Waals surface area contributed by atoms with Crippen molar-refractivity contribution < 1.29 is 19.4 Å². The topological polar surface area (TPSA) is 75.6 Å². The van der Waals surface area contributed by atoms with Gasteiger partial charge < -0.3 is 15.2 Å². The molecule has 0 spiro atoms. The number of carboxylic acids is 1. The second kappa shape index (κ2) is 6.89. The second-order valence-corrected chi connectivity index (χ2v) is 5.62. The van der Waals surface area contributed by atoms with E-state index in [1.54, 1.807) is 0 Å². The van der Waals surface area contributed by atoms with Crippen molar-refractivity contribution in [2.45, 2.75) is 38.5 Å². The average molecular weight is 269 g/mol. The number of hydrogen-bond donors (Lipinski definition) is 2. The third-order valence-electron chi connectivity index (χ3n) is 4.37. The van der Waals surface area contributed by atoms with E-state index < -0.39 is 11.9 Å². The molecule has 5 nitrogen and oxygen atoms in total. The van der Waals surface area contributed by atoms with Gasteiger partial charge in [-0.25, -0.2) is 0 Å². The lowest BCUT2D eigenvalue weighted by atomic mass is 9.86. The van der Waals surface area contributed by atoms with Gasteiger partial charge in [0.25, 0.3) is 0 Å². The minimum absolute atomic E-state index is 0.0378. The van der Waals surface area contributed by atoms with Crippen LogP contribution in [0.25, 0.3) is 0 Å². The van der Waals surface area contributed by atoms with Crippen molar-refractivity contribution in [3.05, 3.63) is 0 Å². The highest BCUT2D eigenvalue weighted by molar-refractivity contribution is 5.79. The molecule has 19 heavy (non-hydrogen) atoms. The van der Waals surface area contributed by atoms with Crippen molar-refractivity contribution in [2.75, 3.05) is 19.8 Å². The van der Waals surface area contributed by atoms with Gasteiger partial charge in [0, 0.05) is 25.7 Å². The molecule has 1 amide bonds. The summed E-state index contributed by atoms with van der Waals surface area (Å²) in [5.74, 6) is -1.03. The van der Waals surface area contributed by atoms with E-state index in [-0.39, 0.29) is 24.3 Å². The van der Waals surface area contributed by atoms with Gasteiger partial charge in [0.05, 0.1) is 5.92 Å². The molecule has 0 aromatic heterocycles. The molecule has 1 aliphatic heterocycles. The molecule has 0 aromatic rings. The number of nitrogens with one attached hydrogen (secondary N) is 1. The minimum Gasteiger partial charge on any atom is -0.481 e. The van der Waals surface area contributed by atoms with Gasteiger partial charge >= 0.3 is 5.97 Å². The number of aliphatic carboxylic acids is 1. The summed E-state index contributed by atoms with van der Waals surface area (Å²) in [6.07, 6.45) is 5.66. The molecule has 0 radical (unpaired) electrons. The van der Waals surface area contributed by atoms with Crippen LogP contribution in [0.3, 0.4) is 0 Å². The quantitative estimate of drug-likeness (QED) is 0.791. The van der Waals surface area contributed by atoms with Gasteiger partial charge in [-0.3, -0.25) is 9.59 Å². The highest BCUT2D eigenvalue weighted by Gasteiger charge is 2.31. The van der Waals surface area contributed by atoms with Crippen LogP contribution in [-0.4, -0.2) is 36.7 Å². The lowest BCUT2D eigenvalue weighted by molar-refractivity contribution is -0.145. The van der Waals surface area contributed by atoms with Gasteiger partial charge in [0.15, 0.2) is 0 Å². The fourth-order valence-corrected chi connectivity index (χ4v) is 3.12. The van der Waals surface area contributed by atoms with Crippen LogP contribution in [0.1, 0.15) is 38.5 Å². The third-order valence-corrected chi connectivity index (χ3v) is 4.37. The zero-order valence-electron chi connectivity index (χ0n) is 11.3. The number of hydrogen-bond acceptors (Lipinski definition) is 3. The minimum atomic E-state index is -0.807. The van der Waals surface area contributed by atoms with Gasteiger partial charge in [0.1, 0.15) is 0 Å². The Hall–Kier alpha value is -1.10. The van der Waals surface area contributed by atoms with Crippen molar-refractivity contribution in [2.24, 2.45) is 17.8 Å².